The maximum absolute atomic E-state index is 12.7. The third-order valence-electron chi connectivity index (χ3n) is 4.28. The normalized spacial score (nSPS) is 15.5. The topological polar surface area (TPSA) is 26.8 Å². The van der Waals surface area contributed by atoms with E-state index in [0.717, 1.165) is 48.3 Å². The second kappa shape index (κ2) is 7.55. The molecule has 0 aliphatic carbocycles. The summed E-state index contributed by atoms with van der Waals surface area (Å²) >= 11 is 7.62. The first-order valence-corrected chi connectivity index (χ1v) is 9.25. The molecule has 1 aromatic heterocycles. The van der Waals surface area contributed by atoms with E-state index in [4.69, 9.17) is 11.6 Å². The smallest absolute Gasteiger partial charge is 0.254 e. The average molecular weight is 364 g/mol. The molecule has 6 heteroatoms. The molecule has 0 radical (unpaired) electrons. The lowest BCUT2D eigenvalue weighted by Crippen LogP contribution is -2.48. The van der Waals surface area contributed by atoms with Crippen molar-refractivity contribution in [2.45, 2.75) is 6.54 Å². The predicted molar refractivity (Wildman–Crippen MR) is 101 cm³/mol. The number of anilines is 1. The van der Waals surface area contributed by atoms with Crippen LogP contribution in [0.5, 0.6) is 0 Å². The number of nitrogens with zero attached hydrogens (tertiary/aromatic N) is 3. The fraction of sp³-hybridized carbons (Fsp3) is 0.389. The summed E-state index contributed by atoms with van der Waals surface area (Å²) in [4.78, 5) is 20.3. The average Bonchev–Trinajstić information content (AvgIpc) is 3.00. The van der Waals surface area contributed by atoms with Crippen LogP contribution in [0.2, 0.25) is 4.34 Å². The molecular weight excluding hydrogens is 342 g/mol. The fourth-order valence-corrected chi connectivity index (χ4v) is 4.00. The molecule has 2 aromatic rings. The highest BCUT2D eigenvalue weighted by atomic mass is 35.5. The number of halogens is 1. The Kier molecular flexibility index (Phi) is 5.43. The zero-order valence-electron chi connectivity index (χ0n) is 14.0. The molecule has 1 aromatic carbocycles. The Morgan fingerprint density at radius 3 is 2.54 bits per heavy atom. The van der Waals surface area contributed by atoms with Crippen LogP contribution < -0.4 is 4.90 Å². The molecule has 3 rings (SSSR count). The van der Waals surface area contributed by atoms with Gasteiger partial charge in [-0.05, 0) is 30.3 Å². The second-order valence-corrected chi connectivity index (χ2v) is 8.02. The van der Waals surface area contributed by atoms with Gasteiger partial charge in [0, 0.05) is 62.9 Å². The first-order valence-electron chi connectivity index (χ1n) is 8.06. The Bertz CT molecular complexity index is 708. The van der Waals surface area contributed by atoms with Crippen LogP contribution in [-0.2, 0) is 6.54 Å². The summed E-state index contributed by atoms with van der Waals surface area (Å²) in [5, 5.41) is 0. The summed E-state index contributed by atoms with van der Waals surface area (Å²) in [6, 6.07) is 11.8. The number of amides is 1. The molecule has 4 nitrogen and oxygen atoms in total. The highest BCUT2D eigenvalue weighted by molar-refractivity contribution is 7.16. The summed E-state index contributed by atoms with van der Waals surface area (Å²) in [6.07, 6.45) is 0. The SMILES string of the molecule is CN(C)c1cccc(C(=O)N2CCN(Cc3ccc(Cl)s3)CC2)c1. The van der Waals surface area contributed by atoms with E-state index in [1.165, 1.54) is 4.88 Å². The minimum absolute atomic E-state index is 0.123. The quantitative estimate of drug-likeness (QED) is 0.832. The number of piperazine rings is 1. The van der Waals surface area contributed by atoms with Crippen molar-refractivity contribution in [1.29, 1.82) is 0 Å². The van der Waals surface area contributed by atoms with Crippen LogP contribution in [-0.4, -0.2) is 56.0 Å². The van der Waals surface area contributed by atoms with Crippen molar-refractivity contribution < 1.29 is 4.79 Å². The van der Waals surface area contributed by atoms with E-state index in [1.807, 2.05) is 54.2 Å². The van der Waals surface area contributed by atoms with E-state index in [-0.39, 0.29) is 5.91 Å². The fourth-order valence-electron chi connectivity index (χ4n) is 2.87. The third kappa shape index (κ3) is 4.09. The number of hydrogen-bond acceptors (Lipinski definition) is 4. The molecule has 0 unspecified atom stereocenters. The van der Waals surface area contributed by atoms with Gasteiger partial charge in [0.15, 0.2) is 0 Å². The highest BCUT2D eigenvalue weighted by Gasteiger charge is 2.22. The van der Waals surface area contributed by atoms with Gasteiger partial charge in [0.2, 0.25) is 0 Å². The second-order valence-electron chi connectivity index (χ2n) is 6.22. The van der Waals surface area contributed by atoms with Crippen molar-refractivity contribution in [3.63, 3.8) is 0 Å². The number of rotatable bonds is 4. The van der Waals surface area contributed by atoms with Gasteiger partial charge in [-0.1, -0.05) is 17.7 Å². The molecule has 0 saturated carbocycles. The molecule has 1 aliphatic heterocycles. The number of carbonyl (C=O) groups excluding carboxylic acids is 1. The van der Waals surface area contributed by atoms with Crippen molar-refractivity contribution in [3.05, 3.63) is 51.2 Å². The van der Waals surface area contributed by atoms with E-state index in [1.54, 1.807) is 11.3 Å². The minimum Gasteiger partial charge on any atom is -0.378 e. The third-order valence-corrected chi connectivity index (χ3v) is 5.49. The van der Waals surface area contributed by atoms with Gasteiger partial charge in [0.05, 0.1) is 4.34 Å². The Balaban J connectivity index is 1.58. The zero-order chi connectivity index (χ0) is 17.1. The van der Waals surface area contributed by atoms with Crippen LogP contribution >= 0.6 is 22.9 Å². The van der Waals surface area contributed by atoms with Crippen molar-refractivity contribution in [2.75, 3.05) is 45.2 Å². The van der Waals surface area contributed by atoms with Gasteiger partial charge in [-0.25, -0.2) is 0 Å². The molecule has 0 N–H and O–H groups in total. The number of hydrogen-bond donors (Lipinski definition) is 0. The van der Waals surface area contributed by atoms with Gasteiger partial charge in [-0.2, -0.15) is 0 Å². The zero-order valence-corrected chi connectivity index (χ0v) is 15.6. The van der Waals surface area contributed by atoms with E-state index in [9.17, 15) is 4.79 Å². The van der Waals surface area contributed by atoms with Crippen molar-refractivity contribution >= 4 is 34.5 Å². The van der Waals surface area contributed by atoms with Crippen molar-refractivity contribution in [2.24, 2.45) is 0 Å². The molecule has 2 heterocycles. The maximum atomic E-state index is 12.7. The summed E-state index contributed by atoms with van der Waals surface area (Å²) in [6.45, 7) is 4.24. The first kappa shape index (κ1) is 17.3. The van der Waals surface area contributed by atoms with E-state index < -0.39 is 0 Å². The van der Waals surface area contributed by atoms with Crippen LogP contribution in [0.4, 0.5) is 5.69 Å². The molecule has 1 saturated heterocycles. The molecular formula is C18H22ClN3OS. The number of benzene rings is 1. The van der Waals surface area contributed by atoms with Crippen LogP contribution in [0.1, 0.15) is 15.2 Å². The van der Waals surface area contributed by atoms with E-state index in [2.05, 4.69) is 11.0 Å². The molecule has 0 atom stereocenters. The van der Waals surface area contributed by atoms with Gasteiger partial charge in [0.25, 0.3) is 5.91 Å². The summed E-state index contributed by atoms with van der Waals surface area (Å²) < 4.78 is 0.833. The van der Waals surface area contributed by atoms with Gasteiger partial charge in [-0.3, -0.25) is 9.69 Å². The lowest BCUT2D eigenvalue weighted by molar-refractivity contribution is 0.0629. The maximum Gasteiger partial charge on any atom is 0.254 e. The van der Waals surface area contributed by atoms with Gasteiger partial charge in [-0.15, -0.1) is 11.3 Å². The van der Waals surface area contributed by atoms with Gasteiger partial charge in [0.1, 0.15) is 0 Å². The molecule has 1 aliphatic rings. The Hall–Kier alpha value is -1.56. The summed E-state index contributed by atoms with van der Waals surface area (Å²) in [5.41, 5.74) is 1.81. The number of carbonyl (C=O) groups is 1. The van der Waals surface area contributed by atoms with Crippen LogP contribution in [0.15, 0.2) is 36.4 Å². The Morgan fingerprint density at radius 1 is 1.17 bits per heavy atom. The molecule has 24 heavy (non-hydrogen) atoms. The molecule has 1 amide bonds. The monoisotopic (exact) mass is 363 g/mol. The van der Waals surface area contributed by atoms with Crippen LogP contribution in [0.3, 0.4) is 0 Å². The molecule has 1 fully saturated rings. The standard InChI is InChI=1S/C18H22ClN3OS/c1-20(2)15-5-3-4-14(12-15)18(23)22-10-8-21(9-11-22)13-16-6-7-17(19)24-16/h3-7,12H,8-11,13H2,1-2H3. The Morgan fingerprint density at radius 2 is 1.92 bits per heavy atom. The van der Waals surface area contributed by atoms with Crippen LogP contribution in [0.25, 0.3) is 0 Å². The van der Waals surface area contributed by atoms with Crippen molar-refractivity contribution in [1.82, 2.24) is 9.80 Å². The molecule has 0 spiro atoms. The molecule has 0 bridgehead atoms. The molecule has 128 valence electrons. The van der Waals surface area contributed by atoms with E-state index in [0.29, 0.717) is 0 Å². The predicted octanol–water partition coefficient (Wildman–Crippen LogP) is 3.43. The number of thiophene rings is 1. The van der Waals surface area contributed by atoms with Gasteiger partial charge < -0.3 is 9.80 Å². The van der Waals surface area contributed by atoms with Gasteiger partial charge >= 0.3 is 0 Å². The van der Waals surface area contributed by atoms with Crippen molar-refractivity contribution in [3.8, 4) is 0 Å². The lowest BCUT2D eigenvalue weighted by Gasteiger charge is -2.34. The van der Waals surface area contributed by atoms with E-state index >= 15 is 0 Å². The lowest BCUT2D eigenvalue weighted by atomic mass is 10.1. The minimum atomic E-state index is 0.123. The highest BCUT2D eigenvalue weighted by Crippen LogP contribution is 2.23. The summed E-state index contributed by atoms with van der Waals surface area (Å²) in [5.74, 6) is 0.123. The first-order chi connectivity index (χ1) is 11.5. The largest absolute Gasteiger partial charge is 0.378 e. The van der Waals surface area contributed by atoms with Crippen LogP contribution in [0, 0.1) is 0 Å². The summed E-state index contributed by atoms with van der Waals surface area (Å²) in [7, 11) is 3.97. The Labute approximate surface area is 152 Å².